The Morgan fingerprint density at radius 1 is 1.83 bits per heavy atom. The maximum absolute atomic E-state index is 5.30. The summed E-state index contributed by atoms with van der Waals surface area (Å²) in [6.45, 7) is 2.04. The first-order chi connectivity index (χ1) is 5.67. The van der Waals surface area contributed by atoms with Crippen molar-refractivity contribution in [2.45, 2.75) is 25.0 Å². The monoisotopic (exact) mass is 186 g/mol. The van der Waals surface area contributed by atoms with Crippen LogP contribution in [0.4, 0.5) is 0 Å². The number of hydrogen-bond donors (Lipinski definition) is 1. The highest BCUT2D eigenvalue weighted by atomic mass is 32.1. The molecule has 12 heavy (non-hydrogen) atoms. The van der Waals surface area contributed by atoms with E-state index >= 15 is 0 Å². The predicted octanol–water partition coefficient (Wildman–Crippen LogP) is 0.686. The molecule has 1 saturated carbocycles. The standard InChI is InChI=1S/C6H10N4OS/c1-6(11-2)3-4(6)10-5(12)7-8-9-10/h4H,3H2,1-2H3,(H,7,9,12)/t4-,6+/m1/s1. The normalized spacial score (nSPS) is 33.7. The van der Waals surface area contributed by atoms with E-state index < -0.39 is 0 Å². The van der Waals surface area contributed by atoms with E-state index in [1.807, 2.05) is 6.92 Å². The summed E-state index contributed by atoms with van der Waals surface area (Å²) in [6, 6.07) is 0.269. The van der Waals surface area contributed by atoms with Gasteiger partial charge in [0.05, 0.1) is 11.6 Å². The number of ether oxygens (including phenoxy) is 1. The zero-order valence-corrected chi connectivity index (χ0v) is 7.76. The fourth-order valence-corrected chi connectivity index (χ4v) is 1.52. The molecule has 0 aromatic carbocycles. The van der Waals surface area contributed by atoms with Crippen molar-refractivity contribution in [1.82, 2.24) is 20.2 Å². The molecule has 1 N–H and O–H groups in total. The van der Waals surface area contributed by atoms with E-state index in [1.165, 1.54) is 0 Å². The van der Waals surface area contributed by atoms with Gasteiger partial charge < -0.3 is 4.74 Å². The lowest BCUT2D eigenvalue weighted by atomic mass is 10.4. The molecule has 1 aliphatic carbocycles. The molecular formula is C6H10N4OS. The van der Waals surface area contributed by atoms with E-state index in [0.29, 0.717) is 4.77 Å². The van der Waals surface area contributed by atoms with Crippen LogP contribution >= 0.6 is 12.2 Å². The summed E-state index contributed by atoms with van der Waals surface area (Å²) in [5.74, 6) is 0. The first-order valence-electron chi connectivity index (χ1n) is 3.72. The quantitative estimate of drug-likeness (QED) is 0.690. The van der Waals surface area contributed by atoms with E-state index in [4.69, 9.17) is 17.0 Å². The number of rotatable bonds is 2. The Morgan fingerprint density at radius 3 is 3.00 bits per heavy atom. The molecule has 1 heterocycles. The van der Waals surface area contributed by atoms with Crippen molar-refractivity contribution >= 4 is 12.2 Å². The molecule has 5 nitrogen and oxygen atoms in total. The molecule has 0 aliphatic heterocycles. The summed E-state index contributed by atoms with van der Waals surface area (Å²) in [4.78, 5) is 0. The van der Waals surface area contributed by atoms with Crippen LogP contribution in [-0.4, -0.2) is 32.9 Å². The number of aromatic nitrogens is 4. The molecule has 0 saturated heterocycles. The summed E-state index contributed by atoms with van der Waals surface area (Å²) in [7, 11) is 1.70. The second kappa shape index (κ2) is 2.37. The van der Waals surface area contributed by atoms with Gasteiger partial charge in [0.2, 0.25) is 4.77 Å². The van der Waals surface area contributed by atoms with Gasteiger partial charge in [0.15, 0.2) is 0 Å². The van der Waals surface area contributed by atoms with E-state index in [0.717, 1.165) is 6.42 Å². The molecule has 1 fully saturated rings. The third kappa shape index (κ3) is 0.987. The number of aromatic amines is 1. The molecule has 1 aromatic heterocycles. The zero-order chi connectivity index (χ0) is 8.77. The van der Waals surface area contributed by atoms with Crippen LogP contribution in [0, 0.1) is 4.77 Å². The molecule has 0 amide bonds. The van der Waals surface area contributed by atoms with Crippen LogP contribution < -0.4 is 0 Å². The molecule has 0 unspecified atom stereocenters. The predicted molar refractivity (Wildman–Crippen MR) is 44.3 cm³/mol. The maximum atomic E-state index is 5.30. The van der Waals surface area contributed by atoms with Gasteiger partial charge in [-0.15, -0.1) is 0 Å². The minimum absolute atomic E-state index is 0.0908. The summed E-state index contributed by atoms with van der Waals surface area (Å²) < 4.78 is 7.55. The van der Waals surface area contributed by atoms with Crippen molar-refractivity contribution < 1.29 is 4.74 Å². The number of hydrogen-bond acceptors (Lipinski definition) is 4. The van der Waals surface area contributed by atoms with Crippen LogP contribution in [0.1, 0.15) is 19.4 Å². The van der Waals surface area contributed by atoms with Crippen LogP contribution in [-0.2, 0) is 4.74 Å². The van der Waals surface area contributed by atoms with E-state index in [-0.39, 0.29) is 11.6 Å². The Morgan fingerprint density at radius 2 is 2.58 bits per heavy atom. The highest BCUT2D eigenvalue weighted by Crippen LogP contribution is 2.49. The third-order valence-corrected chi connectivity index (χ3v) is 2.69. The molecule has 2 rings (SSSR count). The second-order valence-electron chi connectivity index (χ2n) is 3.19. The highest BCUT2D eigenvalue weighted by Gasteiger charge is 2.53. The van der Waals surface area contributed by atoms with Crippen LogP contribution in [0.2, 0.25) is 0 Å². The average Bonchev–Trinajstić information content (AvgIpc) is 2.54. The van der Waals surface area contributed by atoms with E-state index in [1.54, 1.807) is 11.8 Å². The number of methoxy groups -OCH3 is 1. The summed E-state index contributed by atoms with van der Waals surface area (Å²) in [5.41, 5.74) is -0.0908. The van der Waals surface area contributed by atoms with Gasteiger partial charge in [-0.2, -0.15) is 5.21 Å². The molecule has 2 atom stereocenters. The van der Waals surface area contributed by atoms with Gasteiger partial charge in [-0.05, 0) is 19.1 Å². The second-order valence-corrected chi connectivity index (χ2v) is 3.55. The molecule has 6 heteroatoms. The van der Waals surface area contributed by atoms with Gasteiger partial charge in [0, 0.05) is 13.5 Å². The largest absolute Gasteiger partial charge is 0.376 e. The Labute approximate surface area is 74.7 Å². The lowest BCUT2D eigenvalue weighted by Gasteiger charge is -2.07. The van der Waals surface area contributed by atoms with Crippen molar-refractivity contribution in [1.29, 1.82) is 0 Å². The fraction of sp³-hybridized carbons (Fsp3) is 0.833. The number of H-pyrrole nitrogens is 1. The Hall–Kier alpha value is -0.750. The summed E-state index contributed by atoms with van der Waals surface area (Å²) >= 11 is 4.95. The summed E-state index contributed by atoms with van der Waals surface area (Å²) in [6.07, 6.45) is 0.960. The molecule has 1 aromatic rings. The van der Waals surface area contributed by atoms with Gasteiger partial charge in [0.1, 0.15) is 0 Å². The average molecular weight is 186 g/mol. The first kappa shape index (κ1) is 7.88. The van der Waals surface area contributed by atoms with Gasteiger partial charge in [-0.3, -0.25) is 0 Å². The zero-order valence-electron chi connectivity index (χ0n) is 6.94. The fourth-order valence-electron chi connectivity index (χ4n) is 1.32. The Kier molecular flexibility index (Phi) is 1.55. The minimum Gasteiger partial charge on any atom is -0.376 e. The Balaban J connectivity index is 2.26. The molecule has 0 spiro atoms. The maximum Gasteiger partial charge on any atom is 0.238 e. The van der Waals surface area contributed by atoms with Gasteiger partial charge in [-0.1, -0.05) is 10.3 Å². The lowest BCUT2D eigenvalue weighted by Crippen LogP contribution is -2.13. The Bertz CT molecular complexity index is 345. The first-order valence-corrected chi connectivity index (χ1v) is 4.13. The van der Waals surface area contributed by atoms with E-state index in [9.17, 15) is 0 Å². The van der Waals surface area contributed by atoms with Crippen LogP contribution in [0.5, 0.6) is 0 Å². The smallest absolute Gasteiger partial charge is 0.238 e. The SMILES string of the molecule is CO[C@@]1(C)C[C@H]1n1[nH]nnc1=S. The van der Waals surface area contributed by atoms with Gasteiger partial charge >= 0.3 is 0 Å². The van der Waals surface area contributed by atoms with E-state index in [2.05, 4.69) is 15.5 Å². The molecule has 66 valence electrons. The van der Waals surface area contributed by atoms with Crippen molar-refractivity contribution in [2.24, 2.45) is 0 Å². The highest BCUT2D eigenvalue weighted by molar-refractivity contribution is 7.71. The topological polar surface area (TPSA) is 55.7 Å². The minimum atomic E-state index is -0.0908. The third-order valence-electron chi connectivity index (χ3n) is 2.42. The van der Waals surface area contributed by atoms with Crippen LogP contribution in [0.15, 0.2) is 0 Å². The van der Waals surface area contributed by atoms with Crippen molar-refractivity contribution in [3.8, 4) is 0 Å². The molecule has 0 bridgehead atoms. The molecule has 1 aliphatic rings. The van der Waals surface area contributed by atoms with Gasteiger partial charge in [-0.25, -0.2) is 4.68 Å². The number of nitrogens with zero attached hydrogens (tertiary/aromatic N) is 3. The summed E-state index contributed by atoms with van der Waals surface area (Å²) in [5, 5.41) is 10.0. The number of tetrazole rings is 1. The molecular weight excluding hydrogens is 176 g/mol. The number of nitrogens with one attached hydrogen (secondary N) is 1. The van der Waals surface area contributed by atoms with Crippen molar-refractivity contribution in [3.63, 3.8) is 0 Å². The van der Waals surface area contributed by atoms with Crippen molar-refractivity contribution in [3.05, 3.63) is 4.77 Å². The molecule has 0 radical (unpaired) electrons. The lowest BCUT2D eigenvalue weighted by molar-refractivity contribution is 0.0810. The van der Waals surface area contributed by atoms with Crippen molar-refractivity contribution in [2.75, 3.05) is 7.11 Å². The van der Waals surface area contributed by atoms with Crippen LogP contribution in [0.3, 0.4) is 0 Å². The van der Waals surface area contributed by atoms with Gasteiger partial charge in [0.25, 0.3) is 0 Å². The van der Waals surface area contributed by atoms with Crippen LogP contribution in [0.25, 0.3) is 0 Å².